The van der Waals surface area contributed by atoms with E-state index in [-0.39, 0.29) is 0 Å². The summed E-state index contributed by atoms with van der Waals surface area (Å²) in [7, 11) is 0. The molecule has 0 atom stereocenters. The third-order valence-electron chi connectivity index (χ3n) is 12.0. The van der Waals surface area contributed by atoms with Gasteiger partial charge in [0.25, 0.3) is 0 Å². The standard InChI is InChI=1S/C54H31N7/c55-32-36-31-35(52-43(33-56)51(34-15-3-1-4-16-34)57-54(58-52)61-46-24-12-7-19-38(46)39-20-8-13-25-47(39)61)27-29-44(36)60-45-23-11-9-21-40(45)41-28-30-49-50(53(41)60)42-22-10-14-26-48(42)59(49)37-17-5-2-6-18-37/h1-31H. The van der Waals surface area contributed by atoms with Gasteiger partial charge in [-0.25, -0.2) is 9.97 Å². The van der Waals surface area contributed by atoms with Crippen molar-refractivity contribution in [1.29, 1.82) is 10.5 Å². The van der Waals surface area contributed by atoms with E-state index in [4.69, 9.17) is 9.97 Å². The Balaban J connectivity index is 1.14. The lowest BCUT2D eigenvalue weighted by Crippen LogP contribution is -2.07. The molecule has 61 heavy (non-hydrogen) atoms. The van der Waals surface area contributed by atoms with Crippen LogP contribution in [0.5, 0.6) is 0 Å². The number of nitrogens with zero attached hydrogens (tertiary/aromatic N) is 7. The molecule has 7 nitrogen and oxygen atoms in total. The maximum Gasteiger partial charge on any atom is 0.235 e. The highest BCUT2D eigenvalue weighted by molar-refractivity contribution is 6.26. The van der Waals surface area contributed by atoms with Crippen molar-refractivity contribution in [1.82, 2.24) is 23.7 Å². The van der Waals surface area contributed by atoms with Gasteiger partial charge in [0.2, 0.25) is 5.95 Å². The van der Waals surface area contributed by atoms with E-state index in [9.17, 15) is 10.5 Å². The van der Waals surface area contributed by atoms with Gasteiger partial charge in [-0.1, -0.05) is 133 Å². The quantitative estimate of drug-likeness (QED) is 0.174. The molecule has 0 amide bonds. The fraction of sp³-hybridized carbons (Fsp3) is 0. The van der Waals surface area contributed by atoms with Crippen LogP contribution in [0.25, 0.3) is 105 Å². The first-order valence-electron chi connectivity index (χ1n) is 20.1. The van der Waals surface area contributed by atoms with Gasteiger partial charge in [0.15, 0.2) is 0 Å². The molecule has 7 heteroatoms. The van der Waals surface area contributed by atoms with Crippen molar-refractivity contribution < 1.29 is 0 Å². The van der Waals surface area contributed by atoms with E-state index in [0.29, 0.717) is 34.0 Å². The molecule has 12 aromatic rings. The Morgan fingerprint density at radius 1 is 0.393 bits per heavy atom. The third kappa shape index (κ3) is 5.02. The van der Waals surface area contributed by atoms with Crippen LogP contribution in [-0.2, 0) is 0 Å². The number of rotatable bonds is 5. The number of fused-ring (bicyclic) bond motifs is 10. The highest BCUT2D eigenvalue weighted by Gasteiger charge is 2.25. The van der Waals surface area contributed by atoms with E-state index in [1.165, 1.54) is 0 Å². The molecule has 282 valence electrons. The molecule has 0 N–H and O–H groups in total. The van der Waals surface area contributed by atoms with Gasteiger partial charge < -0.3 is 9.13 Å². The molecular formula is C54H31N7. The lowest BCUT2D eigenvalue weighted by molar-refractivity contribution is 0.991. The van der Waals surface area contributed by atoms with Crippen LogP contribution < -0.4 is 0 Å². The zero-order valence-electron chi connectivity index (χ0n) is 32.5. The van der Waals surface area contributed by atoms with Gasteiger partial charge in [-0.05, 0) is 54.6 Å². The normalized spacial score (nSPS) is 11.6. The summed E-state index contributed by atoms with van der Waals surface area (Å²) < 4.78 is 6.62. The molecule has 0 aliphatic carbocycles. The van der Waals surface area contributed by atoms with Gasteiger partial charge in [0, 0.05) is 49.1 Å². The number of nitriles is 2. The van der Waals surface area contributed by atoms with Crippen LogP contribution in [0.3, 0.4) is 0 Å². The fourth-order valence-electron chi connectivity index (χ4n) is 9.39. The number of hydrogen-bond acceptors (Lipinski definition) is 4. The zero-order valence-corrected chi connectivity index (χ0v) is 32.5. The third-order valence-corrected chi connectivity index (χ3v) is 12.0. The van der Waals surface area contributed by atoms with Crippen molar-refractivity contribution in [3.63, 3.8) is 0 Å². The Bertz CT molecular complexity index is 3790. The molecule has 4 heterocycles. The maximum atomic E-state index is 11.1. The smallest absolute Gasteiger partial charge is 0.235 e. The van der Waals surface area contributed by atoms with Gasteiger partial charge >= 0.3 is 0 Å². The van der Waals surface area contributed by atoms with Crippen LogP contribution in [0.15, 0.2) is 188 Å². The molecule has 0 aliphatic heterocycles. The Hall–Kier alpha value is -8.78. The average molecular weight is 778 g/mol. The topological polar surface area (TPSA) is 88.2 Å². The summed E-state index contributed by atoms with van der Waals surface area (Å²) in [5, 5.41) is 28.6. The van der Waals surface area contributed by atoms with Crippen LogP contribution in [0.4, 0.5) is 0 Å². The second kappa shape index (κ2) is 13.4. The van der Waals surface area contributed by atoms with E-state index in [1.807, 2.05) is 84.9 Å². The molecule has 0 radical (unpaired) electrons. The van der Waals surface area contributed by atoms with Crippen molar-refractivity contribution in [3.8, 4) is 52.0 Å². The zero-order chi connectivity index (χ0) is 40.6. The summed E-state index contributed by atoms with van der Waals surface area (Å²) in [5.41, 5.74) is 11.1. The SMILES string of the molecule is N#Cc1cc(-c2nc(-n3c4ccccc4c4ccccc43)nc(-c3ccccc3)c2C#N)ccc1-n1c2ccccc2c2ccc3c(c4ccccc4n3-c3ccccc3)c21. The van der Waals surface area contributed by atoms with Crippen LogP contribution >= 0.6 is 0 Å². The Morgan fingerprint density at radius 3 is 1.54 bits per heavy atom. The molecule has 4 aromatic heterocycles. The Labute approximate surface area is 349 Å². The van der Waals surface area contributed by atoms with Gasteiger partial charge in [0.1, 0.15) is 17.7 Å². The minimum atomic E-state index is 0.333. The second-order valence-electron chi connectivity index (χ2n) is 15.2. The van der Waals surface area contributed by atoms with Crippen molar-refractivity contribution in [2.45, 2.75) is 0 Å². The van der Waals surface area contributed by atoms with Gasteiger partial charge in [-0.3, -0.25) is 4.57 Å². The molecule has 8 aromatic carbocycles. The van der Waals surface area contributed by atoms with Crippen molar-refractivity contribution >= 4 is 65.4 Å². The average Bonchev–Trinajstić information content (AvgIpc) is 3.97. The van der Waals surface area contributed by atoms with Gasteiger partial charge in [-0.15, -0.1) is 0 Å². The molecule has 0 fully saturated rings. The van der Waals surface area contributed by atoms with Crippen molar-refractivity contribution in [2.24, 2.45) is 0 Å². The first kappa shape index (κ1) is 34.3. The van der Waals surface area contributed by atoms with E-state index in [0.717, 1.165) is 82.4 Å². The molecular weight excluding hydrogens is 747 g/mol. The van der Waals surface area contributed by atoms with E-state index in [1.54, 1.807) is 0 Å². The lowest BCUT2D eigenvalue weighted by Gasteiger charge is -2.16. The first-order chi connectivity index (χ1) is 30.2. The van der Waals surface area contributed by atoms with Crippen molar-refractivity contribution in [3.05, 3.63) is 199 Å². The molecule has 0 spiro atoms. The van der Waals surface area contributed by atoms with Crippen LogP contribution in [0, 0.1) is 22.7 Å². The minimum absolute atomic E-state index is 0.333. The summed E-state index contributed by atoms with van der Waals surface area (Å²) in [6.07, 6.45) is 0. The minimum Gasteiger partial charge on any atom is -0.309 e. The maximum absolute atomic E-state index is 11.1. The molecule has 0 saturated heterocycles. The largest absolute Gasteiger partial charge is 0.309 e. The lowest BCUT2D eigenvalue weighted by atomic mass is 9.99. The van der Waals surface area contributed by atoms with Crippen LogP contribution in [0.2, 0.25) is 0 Å². The molecule has 0 saturated carbocycles. The number of benzene rings is 8. The summed E-state index contributed by atoms with van der Waals surface area (Å²) in [4.78, 5) is 10.4. The number of hydrogen-bond donors (Lipinski definition) is 0. The van der Waals surface area contributed by atoms with Gasteiger partial charge in [0.05, 0.1) is 55.7 Å². The predicted molar refractivity (Wildman–Crippen MR) is 245 cm³/mol. The monoisotopic (exact) mass is 777 g/mol. The van der Waals surface area contributed by atoms with E-state index >= 15 is 0 Å². The number of para-hydroxylation sites is 5. The summed E-state index contributed by atoms with van der Waals surface area (Å²) in [6.45, 7) is 0. The van der Waals surface area contributed by atoms with Crippen LogP contribution in [0.1, 0.15) is 11.1 Å². The molecule has 0 aliphatic rings. The Morgan fingerprint density at radius 2 is 0.918 bits per heavy atom. The number of aromatic nitrogens is 5. The molecule has 12 rings (SSSR count). The highest BCUT2D eigenvalue weighted by Crippen LogP contribution is 2.43. The predicted octanol–water partition coefficient (Wildman–Crippen LogP) is 12.8. The van der Waals surface area contributed by atoms with E-state index < -0.39 is 0 Å². The Kier molecular flexibility index (Phi) is 7.52. The fourth-order valence-corrected chi connectivity index (χ4v) is 9.39. The van der Waals surface area contributed by atoms with Crippen molar-refractivity contribution in [2.75, 3.05) is 0 Å². The second-order valence-corrected chi connectivity index (χ2v) is 15.2. The summed E-state index contributed by atoms with van der Waals surface area (Å²) >= 11 is 0. The van der Waals surface area contributed by atoms with Crippen LogP contribution in [-0.4, -0.2) is 23.7 Å². The van der Waals surface area contributed by atoms with E-state index in [2.05, 4.69) is 129 Å². The highest BCUT2D eigenvalue weighted by atomic mass is 15.2. The molecule has 0 unspecified atom stereocenters. The first-order valence-corrected chi connectivity index (χ1v) is 20.1. The van der Waals surface area contributed by atoms with Gasteiger partial charge in [-0.2, -0.15) is 10.5 Å². The summed E-state index contributed by atoms with van der Waals surface area (Å²) in [6, 6.07) is 68.9. The molecule has 0 bridgehead atoms. The summed E-state index contributed by atoms with van der Waals surface area (Å²) in [5.74, 6) is 0.437.